The van der Waals surface area contributed by atoms with Crippen LogP contribution in [0.1, 0.15) is 21.5 Å². The molecular formula is C14H14FN3O. The molecule has 0 aliphatic carbocycles. The van der Waals surface area contributed by atoms with Crippen molar-refractivity contribution in [2.45, 2.75) is 13.8 Å². The van der Waals surface area contributed by atoms with Gasteiger partial charge in [-0.2, -0.15) is 0 Å². The van der Waals surface area contributed by atoms with E-state index in [1.54, 1.807) is 0 Å². The van der Waals surface area contributed by atoms with Crippen molar-refractivity contribution < 1.29 is 9.18 Å². The smallest absolute Gasteiger partial charge is 0.259 e. The number of nitrogens with two attached hydrogens (primary N) is 1. The number of halogens is 1. The van der Waals surface area contributed by atoms with Gasteiger partial charge in [0.1, 0.15) is 11.6 Å². The third-order valence-corrected chi connectivity index (χ3v) is 2.61. The van der Waals surface area contributed by atoms with Crippen LogP contribution in [0.15, 0.2) is 30.5 Å². The molecule has 0 atom stereocenters. The molecule has 0 aliphatic heterocycles. The van der Waals surface area contributed by atoms with Gasteiger partial charge in [0.05, 0.1) is 11.8 Å². The molecule has 2 rings (SSSR count). The minimum absolute atomic E-state index is 0.00303. The summed E-state index contributed by atoms with van der Waals surface area (Å²) in [5.41, 5.74) is 8.29. The summed E-state index contributed by atoms with van der Waals surface area (Å²) in [6.07, 6.45) is 0.975. The quantitative estimate of drug-likeness (QED) is 0.871. The summed E-state index contributed by atoms with van der Waals surface area (Å²) in [5.74, 6) is -1.07. The van der Waals surface area contributed by atoms with Crippen LogP contribution in [-0.2, 0) is 0 Å². The summed E-state index contributed by atoms with van der Waals surface area (Å²) < 4.78 is 13.1. The molecule has 0 aliphatic rings. The van der Waals surface area contributed by atoms with Crippen LogP contribution in [0.3, 0.4) is 0 Å². The topological polar surface area (TPSA) is 68.0 Å². The number of carbonyl (C=O) groups excluding carboxylic acids is 1. The number of rotatable bonds is 2. The Morgan fingerprint density at radius 1 is 1.21 bits per heavy atom. The van der Waals surface area contributed by atoms with E-state index in [-0.39, 0.29) is 11.4 Å². The number of pyridine rings is 1. The van der Waals surface area contributed by atoms with Crippen LogP contribution < -0.4 is 11.1 Å². The molecule has 1 aromatic heterocycles. The highest BCUT2D eigenvalue weighted by molar-refractivity contribution is 6.07. The molecule has 98 valence electrons. The van der Waals surface area contributed by atoms with Crippen LogP contribution in [0.4, 0.5) is 15.9 Å². The molecule has 3 N–H and O–H groups in total. The summed E-state index contributed by atoms with van der Waals surface area (Å²) in [5, 5.41) is 2.68. The first-order valence-electron chi connectivity index (χ1n) is 5.76. The van der Waals surface area contributed by atoms with Gasteiger partial charge >= 0.3 is 0 Å². The van der Waals surface area contributed by atoms with E-state index in [4.69, 9.17) is 5.73 Å². The Morgan fingerprint density at radius 3 is 2.47 bits per heavy atom. The van der Waals surface area contributed by atoms with Crippen molar-refractivity contribution in [2.75, 3.05) is 11.1 Å². The van der Waals surface area contributed by atoms with Crippen LogP contribution in [0.25, 0.3) is 0 Å². The number of anilines is 2. The van der Waals surface area contributed by atoms with Crippen molar-refractivity contribution in [1.29, 1.82) is 0 Å². The fourth-order valence-corrected chi connectivity index (χ4v) is 1.88. The van der Waals surface area contributed by atoms with Crippen molar-refractivity contribution in [3.63, 3.8) is 0 Å². The summed E-state index contributed by atoms with van der Waals surface area (Å²) in [6, 6.07) is 6.72. The van der Waals surface area contributed by atoms with Crippen molar-refractivity contribution in [2.24, 2.45) is 0 Å². The lowest BCUT2D eigenvalue weighted by atomic mass is 10.1. The molecule has 1 aromatic carbocycles. The number of hydrogen-bond acceptors (Lipinski definition) is 3. The number of carbonyl (C=O) groups is 1. The monoisotopic (exact) mass is 259 g/mol. The normalized spacial score (nSPS) is 10.3. The predicted octanol–water partition coefficient (Wildman–Crippen LogP) is 2.67. The van der Waals surface area contributed by atoms with Crippen molar-refractivity contribution in [1.82, 2.24) is 4.98 Å². The molecule has 0 unspecified atom stereocenters. The molecule has 1 amide bonds. The lowest BCUT2D eigenvalue weighted by Gasteiger charge is -2.08. The van der Waals surface area contributed by atoms with E-state index >= 15 is 0 Å². The van der Waals surface area contributed by atoms with Gasteiger partial charge in [-0.25, -0.2) is 9.37 Å². The second-order valence-electron chi connectivity index (χ2n) is 4.42. The Hall–Kier alpha value is -2.43. The average Bonchev–Trinajstić information content (AvgIpc) is 2.30. The van der Waals surface area contributed by atoms with Crippen molar-refractivity contribution >= 4 is 17.4 Å². The van der Waals surface area contributed by atoms with Crippen LogP contribution in [0.2, 0.25) is 0 Å². The Balaban J connectivity index is 2.28. The van der Waals surface area contributed by atoms with Crippen molar-refractivity contribution in [3.05, 3.63) is 53.0 Å². The molecule has 19 heavy (non-hydrogen) atoms. The fourth-order valence-electron chi connectivity index (χ4n) is 1.88. The van der Waals surface area contributed by atoms with Crippen molar-refractivity contribution in [3.8, 4) is 0 Å². The Labute approximate surface area is 110 Å². The highest BCUT2D eigenvalue weighted by Gasteiger charge is 2.12. The maximum atomic E-state index is 13.1. The number of nitrogen functional groups attached to an aromatic ring is 1. The third-order valence-electron chi connectivity index (χ3n) is 2.61. The third kappa shape index (κ3) is 3.07. The average molecular weight is 259 g/mol. The second kappa shape index (κ2) is 5.06. The SMILES string of the molecule is Cc1cc(C)cc(NC(=O)c2cc(F)cnc2N)c1. The summed E-state index contributed by atoms with van der Waals surface area (Å²) in [6.45, 7) is 3.86. The molecule has 0 saturated carbocycles. The van der Waals surface area contributed by atoms with Crippen LogP contribution in [0, 0.1) is 19.7 Å². The number of amides is 1. The zero-order valence-electron chi connectivity index (χ0n) is 10.7. The standard InChI is InChI=1S/C14H14FN3O/c1-8-3-9(2)5-11(4-8)18-14(19)12-6-10(15)7-17-13(12)16/h3-7H,1-2H3,(H2,16,17)(H,18,19). The van der Waals surface area contributed by atoms with Gasteiger partial charge in [0, 0.05) is 5.69 Å². The second-order valence-corrected chi connectivity index (χ2v) is 4.42. The summed E-state index contributed by atoms with van der Waals surface area (Å²) in [7, 11) is 0. The first-order valence-corrected chi connectivity index (χ1v) is 5.76. The lowest BCUT2D eigenvalue weighted by molar-refractivity contribution is 0.102. The number of aryl methyl sites for hydroxylation is 2. The molecule has 0 saturated heterocycles. The van der Waals surface area contributed by atoms with E-state index in [0.717, 1.165) is 23.4 Å². The van der Waals surface area contributed by atoms with Gasteiger partial charge in [-0.1, -0.05) is 6.07 Å². The van der Waals surface area contributed by atoms with Crippen LogP contribution in [-0.4, -0.2) is 10.9 Å². The molecular weight excluding hydrogens is 245 g/mol. The lowest BCUT2D eigenvalue weighted by Crippen LogP contribution is -2.15. The van der Waals surface area contributed by atoms with Crippen LogP contribution in [0.5, 0.6) is 0 Å². The number of nitrogens with one attached hydrogen (secondary N) is 1. The number of benzene rings is 1. The molecule has 0 radical (unpaired) electrons. The minimum atomic E-state index is -0.597. The number of aromatic nitrogens is 1. The Morgan fingerprint density at radius 2 is 1.84 bits per heavy atom. The number of nitrogens with zero attached hydrogens (tertiary/aromatic N) is 1. The zero-order valence-corrected chi connectivity index (χ0v) is 10.7. The van der Waals surface area contributed by atoms with E-state index in [0.29, 0.717) is 5.69 Å². The first-order chi connectivity index (χ1) is 8.95. The largest absolute Gasteiger partial charge is 0.383 e. The number of hydrogen-bond donors (Lipinski definition) is 2. The highest BCUT2D eigenvalue weighted by atomic mass is 19.1. The van der Waals surface area contributed by atoms with E-state index in [2.05, 4.69) is 10.3 Å². The fraction of sp³-hybridized carbons (Fsp3) is 0.143. The molecule has 5 heteroatoms. The predicted molar refractivity (Wildman–Crippen MR) is 72.5 cm³/mol. The highest BCUT2D eigenvalue weighted by Crippen LogP contribution is 2.17. The van der Waals surface area contributed by atoms with Crippen LogP contribution >= 0.6 is 0 Å². The van der Waals surface area contributed by atoms with Gasteiger partial charge in [-0.15, -0.1) is 0 Å². The Bertz CT molecular complexity index is 620. The van der Waals surface area contributed by atoms with E-state index in [1.807, 2.05) is 32.0 Å². The molecule has 1 heterocycles. The molecule has 0 fully saturated rings. The van der Waals surface area contributed by atoms with E-state index in [1.165, 1.54) is 0 Å². The molecule has 4 nitrogen and oxygen atoms in total. The zero-order chi connectivity index (χ0) is 14.0. The van der Waals surface area contributed by atoms with Gasteiger partial charge in [0.2, 0.25) is 0 Å². The van der Waals surface area contributed by atoms with E-state index in [9.17, 15) is 9.18 Å². The van der Waals surface area contributed by atoms with E-state index < -0.39 is 11.7 Å². The maximum absolute atomic E-state index is 13.1. The Kier molecular flexibility index (Phi) is 3.46. The maximum Gasteiger partial charge on any atom is 0.259 e. The molecule has 0 spiro atoms. The van der Waals surface area contributed by atoms with Gasteiger partial charge < -0.3 is 11.1 Å². The van der Waals surface area contributed by atoms with Gasteiger partial charge in [0.15, 0.2) is 0 Å². The molecule has 0 bridgehead atoms. The van der Waals surface area contributed by atoms with Gasteiger partial charge in [-0.3, -0.25) is 4.79 Å². The first kappa shape index (κ1) is 13.0. The minimum Gasteiger partial charge on any atom is -0.383 e. The summed E-state index contributed by atoms with van der Waals surface area (Å²) in [4.78, 5) is 15.6. The summed E-state index contributed by atoms with van der Waals surface area (Å²) >= 11 is 0. The van der Waals surface area contributed by atoms with Gasteiger partial charge in [0.25, 0.3) is 5.91 Å². The molecule has 2 aromatic rings. The van der Waals surface area contributed by atoms with Gasteiger partial charge in [-0.05, 0) is 43.2 Å².